The van der Waals surface area contributed by atoms with Crippen molar-refractivity contribution in [1.29, 1.82) is 0 Å². The second kappa shape index (κ2) is 5.24. The lowest BCUT2D eigenvalue weighted by Crippen LogP contribution is -2.49. The van der Waals surface area contributed by atoms with Crippen molar-refractivity contribution in [3.8, 4) is 5.75 Å². The van der Waals surface area contributed by atoms with Crippen molar-refractivity contribution in [1.82, 2.24) is 4.90 Å². The molecule has 2 unspecified atom stereocenters. The van der Waals surface area contributed by atoms with E-state index < -0.39 is 0 Å². The molecule has 3 nitrogen and oxygen atoms in total. The van der Waals surface area contributed by atoms with Crippen LogP contribution in [0.4, 0.5) is 0 Å². The van der Waals surface area contributed by atoms with Gasteiger partial charge in [0.2, 0.25) is 0 Å². The van der Waals surface area contributed by atoms with E-state index in [2.05, 4.69) is 17.9 Å². The molecule has 1 aromatic rings. The molecule has 0 radical (unpaired) electrons. The average Bonchev–Trinajstić information content (AvgIpc) is 2.90. The van der Waals surface area contributed by atoms with Crippen LogP contribution < -0.4 is 4.74 Å². The lowest BCUT2D eigenvalue weighted by molar-refractivity contribution is -0.141. The van der Waals surface area contributed by atoms with Crippen molar-refractivity contribution in [3.63, 3.8) is 0 Å². The number of fused-ring (bicyclic) bond motifs is 1. The van der Waals surface area contributed by atoms with Crippen molar-refractivity contribution in [2.45, 2.75) is 51.2 Å². The second-order valence-corrected chi connectivity index (χ2v) is 5.51. The normalized spacial score (nSPS) is 25.8. The maximum atomic E-state index is 12.6. The summed E-state index contributed by atoms with van der Waals surface area (Å²) in [5, 5.41) is 0. The standard InChI is InChI=1S/C16H21NO2/c1-2-13-8-5-6-10-17(13)16(18)15-11-12-7-3-4-9-14(12)19-15/h3-4,7,9,13,15H,2,5-6,8,10-11H2,1H3. The summed E-state index contributed by atoms with van der Waals surface area (Å²) in [6.45, 7) is 3.06. The van der Waals surface area contributed by atoms with Gasteiger partial charge < -0.3 is 9.64 Å². The van der Waals surface area contributed by atoms with Crippen LogP contribution in [0.25, 0.3) is 0 Å². The van der Waals surface area contributed by atoms with Gasteiger partial charge in [0.05, 0.1) is 0 Å². The maximum absolute atomic E-state index is 12.6. The van der Waals surface area contributed by atoms with Gasteiger partial charge in [-0.1, -0.05) is 25.1 Å². The molecule has 1 fully saturated rings. The minimum Gasteiger partial charge on any atom is -0.480 e. The van der Waals surface area contributed by atoms with E-state index in [9.17, 15) is 4.79 Å². The average molecular weight is 259 g/mol. The number of carbonyl (C=O) groups excluding carboxylic acids is 1. The molecule has 19 heavy (non-hydrogen) atoms. The Morgan fingerprint density at radius 2 is 2.21 bits per heavy atom. The van der Waals surface area contributed by atoms with Gasteiger partial charge in [-0.15, -0.1) is 0 Å². The van der Waals surface area contributed by atoms with E-state index in [0.29, 0.717) is 6.04 Å². The molecule has 2 aliphatic heterocycles. The number of ether oxygens (including phenoxy) is 1. The highest BCUT2D eigenvalue weighted by atomic mass is 16.5. The van der Waals surface area contributed by atoms with E-state index in [1.165, 1.54) is 6.42 Å². The van der Waals surface area contributed by atoms with Gasteiger partial charge in [0.15, 0.2) is 6.10 Å². The van der Waals surface area contributed by atoms with Crippen molar-refractivity contribution < 1.29 is 9.53 Å². The summed E-state index contributed by atoms with van der Waals surface area (Å²) in [5.41, 5.74) is 1.16. The monoisotopic (exact) mass is 259 g/mol. The first-order chi connectivity index (χ1) is 9.29. The molecule has 0 aliphatic carbocycles. The molecule has 1 amide bonds. The van der Waals surface area contributed by atoms with Crippen LogP contribution in [0.15, 0.2) is 24.3 Å². The van der Waals surface area contributed by atoms with Crippen molar-refractivity contribution in [3.05, 3.63) is 29.8 Å². The molecule has 0 spiro atoms. The number of amides is 1. The first-order valence-electron chi connectivity index (χ1n) is 7.34. The smallest absolute Gasteiger partial charge is 0.264 e. The summed E-state index contributed by atoms with van der Waals surface area (Å²) in [6, 6.07) is 8.38. The number of rotatable bonds is 2. The first kappa shape index (κ1) is 12.5. The summed E-state index contributed by atoms with van der Waals surface area (Å²) in [7, 11) is 0. The fourth-order valence-electron chi connectivity index (χ4n) is 3.22. The maximum Gasteiger partial charge on any atom is 0.264 e. The van der Waals surface area contributed by atoms with Gasteiger partial charge in [-0.25, -0.2) is 0 Å². The minimum atomic E-state index is -0.301. The van der Waals surface area contributed by atoms with E-state index in [-0.39, 0.29) is 12.0 Å². The van der Waals surface area contributed by atoms with Gasteiger partial charge in [-0.3, -0.25) is 4.79 Å². The van der Waals surface area contributed by atoms with E-state index in [0.717, 1.165) is 43.5 Å². The van der Waals surface area contributed by atoms with Crippen LogP contribution in [0, 0.1) is 0 Å². The topological polar surface area (TPSA) is 29.5 Å². The molecule has 1 aromatic carbocycles. The highest BCUT2D eigenvalue weighted by Crippen LogP contribution is 2.30. The molecule has 102 valence electrons. The second-order valence-electron chi connectivity index (χ2n) is 5.51. The van der Waals surface area contributed by atoms with Crippen LogP contribution in [-0.2, 0) is 11.2 Å². The number of hydrogen-bond donors (Lipinski definition) is 0. The Morgan fingerprint density at radius 1 is 1.37 bits per heavy atom. The van der Waals surface area contributed by atoms with E-state index in [4.69, 9.17) is 4.74 Å². The van der Waals surface area contributed by atoms with Crippen LogP contribution >= 0.6 is 0 Å². The predicted molar refractivity (Wildman–Crippen MR) is 74.2 cm³/mol. The quantitative estimate of drug-likeness (QED) is 0.817. The van der Waals surface area contributed by atoms with Crippen LogP contribution in [-0.4, -0.2) is 29.5 Å². The summed E-state index contributed by atoms with van der Waals surface area (Å²) < 4.78 is 5.82. The van der Waals surface area contributed by atoms with Gasteiger partial charge in [0.25, 0.3) is 5.91 Å². The fourth-order valence-corrected chi connectivity index (χ4v) is 3.22. The lowest BCUT2D eigenvalue weighted by Gasteiger charge is -2.36. The number of benzene rings is 1. The van der Waals surface area contributed by atoms with Crippen molar-refractivity contribution in [2.24, 2.45) is 0 Å². The van der Waals surface area contributed by atoms with E-state index >= 15 is 0 Å². The molecule has 3 rings (SSSR count). The third-order valence-corrected chi connectivity index (χ3v) is 4.30. The van der Waals surface area contributed by atoms with Crippen LogP contribution in [0.2, 0.25) is 0 Å². The highest BCUT2D eigenvalue weighted by molar-refractivity contribution is 5.83. The summed E-state index contributed by atoms with van der Waals surface area (Å²) in [4.78, 5) is 14.7. The largest absolute Gasteiger partial charge is 0.480 e. The zero-order valence-corrected chi connectivity index (χ0v) is 11.5. The summed E-state index contributed by atoms with van der Waals surface area (Å²) >= 11 is 0. The Bertz CT molecular complexity index is 447. The zero-order valence-electron chi connectivity index (χ0n) is 11.5. The van der Waals surface area contributed by atoms with Gasteiger partial charge in [0.1, 0.15) is 5.75 Å². The Balaban J connectivity index is 1.72. The fraction of sp³-hybridized carbons (Fsp3) is 0.562. The zero-order chi connectivity index (χ0) is 13.2. The number of para-hydroxylation sites is 1. The molecule has 0 bridgehead atoms. The molecule has 2 aliphatic rings. The Hall–Kier alpha value is -1.51. The van der Waals surface area contributed by atoms with E-state index in [1.807, 2.05) is 18.2 Å². The van der Waals surface area contributed by atoms with Crippen molar-refractivity contribution >= 4 is 5.91 Å². The molecule has 2 heterocycles. The Labute approximate surface area is 114 Å². The SMILES string of the molecule is CCC1CCCCN1C(=O)C1Cc2ccccc2O1. The molecule has 1 saturated heterocycles. The number of piperidine rings is 1. The third kappa shape index (κ3) is 2.34. The molecule has 2 atom stereocenters. The van der Waals surface area contributed by atoms with Gasteiger partial charge in [-0.05, 0) is 37.3 Å². The van der Waals surface area contributed by atoms with E-state index in [1.54, 1.807) is 0 Å². The van der Waals surface area contributed by atoms with Gasteiger partial charge in [0, 0.05) is 19.0 Å². The summed E-state index contributed by atoms with van der Waals surface area (Å²) in [6.07, 6.45) is 4.98. The minimum absolute atomic E-state index is 0.183. The van der Waals surface area contributed by atoms with Crippen LogP contribution in [0.5, 0.6) is 5.75 Å². The first-order valence-corrected chi connectivity index (χ1v) is 7.34. The van der Waals surface area contributed by atoms with Gasteiger partial charge in [-0.2, -0.15) is 0 Å². The molecule has 3 heteroatoms. The van der Waals surface area contributed by atoms with Crippen molar-refractivity contribution in [2.75, 3.05) is 6.54 Å². The van der Waals surface area contributed by atoms with Gasteiger partial charge >= 0.3 is 0 Å². The number of hydrogen-bond acceptors (Lipinski definition) is 2. The molecular formula is C16H21NO2. The molecular weight excluding hydrogens is 238 g/mol. The van der Waals surface area contributed by atoms with Crippen LogP contribution in [0.3, 0.4) is 0 Å². The summed E-state index contributed by atoms with van der Waals surface area (Å²) in [5.74, 6) is 1.06. The molecule has 0 N–H and O–H groups in total. The molecule has 0 aromatic heterocycles. The number of carbonyl (C=O) groups is 1. The lowest BCUT2D eigenvalue weighted by atomic mass is 9.98. The Morgan fingerprint density at radius 3 is 3.00 bits per heavy atom. The highest BCUT2D eigenvalue weighted by Gasteiger charge is 2.35. The Kier molecular flexibility index (Phi) is 3.45. The number of nitrogens with zero attached hydrogens (tertiary/aromatic N) is 1. The third-order valence-electron chi connectivity index (χ3n) is 4.30. The predicted octanol–water partition coefficient (Wildman–Crippen LogP) is 2.78. The molecule has 0 saturated carbocycles. The number of likely N-dealkylation sites (tertiary alicyclic amines) is 1. The van der Waals surface area contributed by atoms with Crippen LogP contribution in [0.1, 0.15) is 38.2 Å².